The van der Waals surface area contributed by atoms with Gasteiger partial charge in [0, 0.05) is 63.0 Å². The van der Waals surface area contributed by atoms with Crippen LogP contribution in [0.1, 0.15) is 21.8 Å². The lowest BCUT2D eigenvalue weighted by atomic mass is 9.88. The molecule has 0 N–H and O–H groups in total. The second-order valence-electron chi connectivity index (χ2n) is 9.48. The standard InChI is InChI=1S/C29H32FN3O2/c1-35-27-13-7-23(8-14-27)29(34)33-20-24(28(21-33)22-5-3-2-4-6-22)19-31-15-17-32(18-16-31)26-11-9-25(30)10-12-26/h2-14,24,28H,15-21H2,1H3. The van der Waals surface area contributed by atoms with E-state index in [-0.39, 0.29) is 11.7 Å². The summed E-state index contributed by atoms with van der Waals surface area (Å²) >= 11 is 0. The predicted octanol–water partition coefficient (Wildman–Crippen LogP) is 4.51. The van der Waals surface area contributed by atoms with Crippen LogP contribution in [0, 0.1) is 11.7 Å². The van der Waals surface area contributed by atoms with E-state index in [0.29, 0.717) is 17.4 Å². The van der Waals surface area contributed by atoms with E-state index in [2.05, 4.69) is 34.1 Å². The van der Waals surface area contributed by atoms with E-state index in [4.69, 9.17) is 4.74 Å². The van der Waals surface area contributed by atoms with Crippen LogP contribution in [0.25, 0.3) is 0 Å². The molecule has 0 spiro atoms. The minimum atomic E-state index is -0.200. The lowest BCUT2D eigenvalue weighted by Crippen LogP contribution is -2.48. The zero-order valence-electron chi connectivity index (χ0n) is 20.1. The summed E-state index contributed by atoms with van der Waals surface area (Å²) in [5.41, 5.74) is 3.07. The average Bonchev–Trinajstić information content (AvgIpc) is 3.33. The maximum Gasteiger partial charge on any atom is 0.253 e. The molecule has 182 valence electrons. The second kappa shape index (κ2) is 10.5. The van der Waals surface area contributed by atoms with Crippen LogP contribution < -0.4 is 9.64 Å². The number of likely N-dealkylation sites (tertiary alicyclic amines) is 1. The molecule has 0 radical (unpaired) electrons. The molecule has 0 saturated carbocycles. The van der Waals surface area contributed by atoms with Gasteiger partial charge in [-0.2, -0.15) is 0 Å². The molecule has 2 atom stereocenters. The number of rotatable bonds is 6. The number of carbonyl (C=O) groups is 1. The molecule has 0 aromatic heterocycles. The Balaban J connectivity index is 1.26. The van der Waals surface area contributed by atoms with E-state index >= 15 is 0 Å². The van der Waals surface area contributed by atoms with Gasteiger partial charge >= 0.3 is 0 Å². The molecule has 2 aliphatic rings. The number of halogens is 1. The summed E-state index contributed by atoms with van der Waals surface area (Å²) in [6.45, 7) is 6.20. The van der Waals surface area contributed by atoms with E-state index in [1.54, 1.807) is 7.11 Å². The Hall–Kier alpha value is -3.38. The summed E-state index contributed by atoms with van der Waals surface area (Å²) in [7, 11) is 1.63. The zero-order chi connectivity index (χ0) is 24.2. The number of methoxy groups -OCH3 is 1. The highest BCUT2D eigenvalue weighted by Gasteiger charge is 2.37. The first-order chi connectivity index (χ1) is 17.1. The van der Waals surface area contributed by atoms with Gasteiger partial charge in [-0.05, 0) is 60.0 Å². The molecule has 5 rings (SSSR count). The van der Waals surface area contributed by atoms with Crippen molar-refractivity contribution in [1.82, 2.24) is 9.80 Å². The molecule has 2 heterocycles. The third-order valence-electron chi connectivity index (χ3n) is 7.35. The van der Waals surface area contributed by atoms with Crippen molar-refractivity contribution in [3.05, 3.63) is 95.8 Å². The molecule has 0 bridgehead atoms. The van der Waals surface area contributed by atoms with Crippen LogP contribution in [0.5, 0.6) is 5.75 Å². The number of nitrogens with zero attached hydrogens (tertiary/aromatic N) is 3. The Morgan fingerprint density at radius 3 is 2.23 bits per heavy atom. The average molecular weight is 474 g/mol. The Labute approximate surface area is 206 Å². The molecule has 2 unspecified atom stereocenters. The van der Waals surface area contributed by atoms with Gasteiger partial charge < -0.3 is 14.5 Å². The SMILES string of the molecule is COc1ccc(C(=O)N2CC(CN3CCN(c4ccc(F)cc4)CC3)C(c3ccccc3)C2)cc1. The minimum absolute atomic E-state index is 0.0808. The predicted molar refractivity (Wildman–Crippen MR) is 137 cm³/mol. The van der Waals surface area contributed by atoms with Crippen molar-refractivity contribution in [3.8, 4) is 5.75 Å². The van der Waals surface area contributed by atoms with E-state index in [9.17, 15) is 9.18 Å². The molecular weight excluding hydrogens is 441 g/mol. The van der Waals surface area contributed by atoms with Crippen LogP contribution in [0.3, 0.4) is 0 Å². The van der Waals surface area contributed by atoms with Crippen molar-refractivity contribution in [3.63, 3.8) is 0 Å². The van der Waals surface area contributed by atoms with Gasteiger partial charge in [0.15, 0.2) is 0 Å². The summed E-state index contributed by atoms with van der Waals surface area (Å²) in [6, 6.07) is 24.7. The number of hydrogen-bond donors (Lipinski definition) is 0. The maximum absolute atomic E-state index is 13.3. The fourth-order valence-electron chi connectivity index (χ4n) is 5.39. The van der Waals surface area contributed by atoms with Crippen molar-refractivity contribution in [2.45, 2.75) is 5.92 Å². The zero-order valence-corrected chi connectivity index (χ0v) is 20.1. The fraction of sp³-hybridized carbons (Fsp3) is 0.345. The van der Waals surface area contributed by atoms with E-state index in [1.807, 2.05) is 47.4 Å². The summed E-state index contributed by atoms with van der Waals surface area (Å²) in [4.78, 5) is 20.2. The first-order valence-corrected chi connectivity index (χ1v) is 12.3. The van der Waals surface area contributed by atoms with Crippen molar-refractivity contribution < 1.29 is 13.9 Å². The summed E-state index contributed by atoms with van der Waals surface area (Å²) in [5, 5.41) is 0. The van der Waals surface area contributed by atoms with E-state index in [1.165, 1.54) is 17.7 Å². The van der Waals surface area contributed by atoms with Gasteiger partial charge in [-0.15, -0.1) is 0 Å². The maximum atomic E-state index is 13.3. The van der Waals surface area contributed by atoms with Gasteiger partial charge in [-0.25, -0.2) is 4.39 Å². The third-order valence-corrected chi connectivity index (χ3v) is 7.35. The first-order valence-electron chi connectivity index (χ1n) is 12.3. The van der Waals surface area contributed by atoms with E-state index < -0.39 is 0 Å². The van der Waals surface area contributed by atoms with Gasteiger partial charge in [0.05, 0.1) is 7.11 Å². The summed E-state index contributed by atoms with van der Waals surface area (Å²) in [5.74, 6) is 1.32. The molecule has 6 heteroatoms. The Morgan fingerprint density at radius 2 is 1.57 bits per heavy atom. The van der Waals surface area contributed by atoms with Crippen LogP contribution in [0.4, 0.5) is 10.1 Å². The van der Waals surface area contributed by atoms with Crippen LogP contribution in [0.15, 0.2) is 78.9 Å². The number of hydrogen-bond acceptors (Lipinski definition) is 4. The summed E-state index contributed by atoms with van der Waals surface area (Å²) < 4.78 is 18.5. The second-order valence-corrected chi connectivity index (χ2v) is 9.48. The lowest BCUT2D eigenvalue weighted by Gasteiger charge is -2.37. The van der Waals surface area contributed by atoms with Gasteiger partial charge in [0.25, 0.3) is 5.91 Å². The molecule has 1 amide bonds. The highest BCUT2D eigenvalue weighted by atomic mass is 19.1. The third kappa shape index (κ3) is 5.33. The van der Waals surface area contributed by atoms with Crippen molar-refractivity contribution >= 4 is 11.6 Å². The smallest absolute Gasteiger partial charge is 0.253 e. The molecule has 2 saturated heterocycles. The number of carbonyl (C=O) groups excluding carboxylic acids is 1. The lowest BCUT2D eigenvalue weighted by molar-refractivity contribution is 0.0782. The van der Waals surface area contributed by atoms with Gasteiger partial charge in [0.2, 0.25) is 0 Å². The number of amides is 1. The molecule has 3 aromatic rings. The molecular formula is C29H32FN3O2. The molecule has 5 nitrogen and oxygen atoms in total. The highest BCUT2D eigenvalue weighted by molar-refractivity contribution is 5.94. The summed E-state index contributed by atoms with van der Waals surface area (Å²) in [6.07, 6.45) is 0. The highest BCUT2D eigenvalue weighted by Crippen LogP contribution is 2.34. The molecule has 35 heavy (non-hydrogen) atoms. The van der Waals surface area contributed by atoms with Crippen LogP contribution in [0.2, 0.25) is 0 Å². The Bertz CT molecular complexity index is 1110. The van der Waals surface area contributed by atoms with E-state index in [0.717, 1.165) is 57.3 Å². The van der Waals surface area contributed by atoms with Crippen molar-refractivity contribution in [1.29, 1.82) is 0 Å². The molecule has 2 fully saturated rings. The minimum Gasteiger partial charge on any atom is -0.497 e. The first kappa shape index (κ1) is 23.4. The number of ether oxygens (including phenoxy) is 1. The number of benzene rings is 3. The quantitative estimate of drug-likeness (QED) is 0.528. The molecule has 2 aliphatic heterocycles. The van der Waals surface area contributed by atoms with Crippen LogP contribution >= 0.6 is 0 Å². The Kier molecular flexibility index (Phi) is 7.00. The van der Waals surface area contributed by atoms with Crippen molar-refractivity contribution in [2.24, 2.45) is 5.92 Å². The fourth-order valence-corrected chi connectivity index (χ4v) is 5.39. The molecule has 0 aliphatic carbocycles. The largest absolute Gasteiger partial charge is 0.497 e. The Morgan fingerprint density at radius 1 is 0.886 bits per heavy atom. The van der Waals surface area contributed by atoms with Crippen LogP contribution in [-0.2, 0) is 0 Å². The normalized spacial score (nSPS) is 20.7. The number of anilines is 1. The van der Waals surface area contributed by atoms with Gasteiger partial charge in [-0.3, -0.25) is 9.69 Å². The monoisotopic (exact) mass is 473 g/mol. The van der Waals surface area contributed by atoms with Gasteiger partial charge in [0.1, 0.15) is 11.6 Å². The van der Waals surface area contributed by atoms with Crippen molar-refractivity contribution in [2.75, 3.05) is 57.8 Å². The van der Waals surface area contributed by atoms with Gasteiger partial charge in [-0.1, -0.05) is 30.3 Å². The number of piperazine rings is 1. The molecule has 3 aromatic carbocycles. The van der Waals surface area contributed by atoms with Crippen LogP contribution in [-0.4, -0.2) is 68.6 Å². The topological polar surface area (TPSA) is 36.0 Å².